The summed E-state index contributed by atoms with van der Waals surface area (Å²) in [6, 6.07) is 14.5. The van der Waals surface area contributed by atoms with Gasteiger partial charge in [0.25, 0.3) is 0 Å². The Labute approximate surface area is 234 Å². The van der Waals surface area contributed by atoms with E-state index in [-0.39, 0.29) is 59.2 Å². The molecule has 0 aliphatic carbocycles. The number of carbonyl (C=O) groups is 4. The monoisotopic (exact) mass is 558 g/mol. The molecule has 2 aromatic rings. The number of hydrogen-bond donors (Lipinski definition) is 0. The second-order valence-electron chi connectivity index (χ2n) is 8.36. The van der Waals surface area contributed by atoms with Crippen molar-refractivity contribution in [3.05, 3.63) is 54.1 Å². The minimum absolute atomic E-state index is 0.150. The minimum Gasteiger partial charge on any atom is -0.489 e. The minimum atomic E-state index is -0.573. The number of carbonyl (C=O) groups excluding carboxylic acids is 4. The summed E-state index contributed by atoms with van der Waals surface area (Å²) in [6.45, 7) is 6.44. The predicted octanol–water partition coefficient (Wildman–Crippen LogP) is 3.13. The summed E-state index contributed by atoms with van der Waals surface area (Å²) in [6.07, 6.45) is 0. The van der Waals surface area contributed by atoms with Gasteiger partial charge in [-0.1, -0.05) is 30.3 Å². The van der Waals surface area contributed by atoms with Gasteiger partial charge >= 0.3 is 23.9 Å². The summed E-state index contributed by atoms with van der Waals surface area (Å²) in [5.41, 5.74) is 1.66. The third-order valence-electron chi connectivity index (χ3n) is 5.38. The van der Waals surface area contributed by atoms with Crippen LogP contribution < -0.4 is 14.5 Å². The fourth-order valence-corrected chi connectivity index (χ4v) is 3.76. The van der Waals surface area contributed by atoms with Gasteiger partial charge in [-0.15, -0.1) is 0 Å². The lowest BCUT2D eigenvalue weighted by molar-refractivity contribution is -0.144. The SMILES string of the molecule is CCOC(=O)CN(CC(=O)OCC)c1ccc(OCc2ccccc2)cc1N(CC(=O)OCC)CC(=O)OCC. The van der Waals surface area contributed by atoms with Crippen molar-refractivity contribution >= 4 is 35.3 Å². The van der Waals surface area contributed by atoms with E-state index < -0.39 is 23.9 Å². The van der Waals surface area contributed by atoms with E-state index in [9.17, 15) is 19.2 Å². The molecule has 0 amide bonds. The van der Waals surface area contributed by atoms with E-state index in [4.69, 9.17) is 23.7 Å². The average molecular weight is 559 g/mol. The molecule has 0 fully saturated rings. The lowest BCUT2D eigenvalue weighted by atomic mass is 10.2. The largest absolute Gasteiger partial charge is 0.489 e. The molecule has 2 rings (SSSR count). The van der Waals surface area contributed by atoms with E-state index in [1.54, 1.807) is 45.9 Å². The van der Waals surface area contributed by atoms with Crippen LogP contribution in [-0.2, 0) is 44.7 Å². The quantitative estimate of drug-likeness (QED) is 0.210. The van der Waals surface area contributed by atoms with Crippen molar-refractivity contribution in [3.8, 4) is 5.75 Å². The number of hydrogen-bond acceptors (Lipinski definition) is 11. The normalized spacial score (nSPS) is 10.3. The molecule has 0 aliphatic rings. The second-order valence-corrected chi connectivity index (χ2v) is 8.36. The van der Waals surface area contributed by atoms with E-state index in [2.05, 4.69) is 0 Å². The summed E-state index contributed by atoms with van der Waals surface area (Å²) in [5, 5.41) is 0. The third kappa shape index (κ3) is 10.8. The Bertz CT molecular complexity index is 1070. The summed E-state index contributed by atoms with van der Waals surface area (Å²) in [5.74, 6) is -1.84. The van der Waals surface area contributed by atoms with E-state index in [0.29, 0.717) is 17.1 Å². The maximum atomic E-state index is 12.6. The van der Waals surface area contributed by atoms with Crippen LogP contribution in [0.25, 0.3) is 0 Å². The van der Waals surface area contributed by atoms with Gasteiger partial charge in [0.2, 0.25) is 0 Å². The van der Waals surface area contributed by atoms with Gasteiger partial charge in [-0.25, -0.2) is 0 Å². The van der Waals surface area contributed by atoms with Crippen molar-refractivity contribution in [2.24, 2.45) is 0 Å². The standard InChI is InChI=1S/C29H38N2O9/c1-5-36-26(32)17-30(18-27(33)37-6-2)24-15-14-23(40-21-22-12-10-9-11-13-22)16-25(24)31(19-28(34)38-7-3)20-29(35)39-8-4/h9-16H,5-8,17-21H2,1-4H3. The van der Waals surface area contributed by atoms with E-state index in [0.717, 1.165) is 5.56 Å². The van der Waals surface area contributed by atoms with Crippen LogP contribution in [0.2, 0.25) is 0 Å². The van der Waals surface area contributed by atoms with Gasteiger partial charge in [-0.05, 0) is 45.4 Å². The molecular weight excluding hydrogens is 520 g/mol. The molecule has 40 heavy (non-hydrogen) atoms. The van der Waals surface area contributed by atoms with Crippen molar-refractivity contribution in [3.63, 3.8) is 0 Å². The van der Waals surface area contributed by atoms with E-state index in [1.807, 2.05) is 30.3 Å². The van der Waals surface area contributed by atoms with Gasteiger partial charge in [0.05, 0.1) is 37.8 Å². The number of nitrogens with zero attached hydrogens (tertiary/aromatic N) is 2. The van der Waals surface area contributed by atoms with Gasteiger partial charge in [0, 0.05) is 6.07 Å². The topological polar surface area (TPSA) is 121 Å². The Hall–Kier alpha value is -4.28. The third-order valence-corrected chi connectivity index (χ3v) is 5.38. The molecule has 0 spiro atoms. The molecule has 2 aromatic carbocycles. The van der Waals surface area contributed by atoms with Crippen molar-refractivity contribution in [1.82, 2.24) is 0 Å². The Morgan fingerprint density at radius 2 is 1.00 bits per heavy atom. The van der Waals surface area contributed by atoms with Crippen LogP contribution in [0.5, 0.6) is 5.75 Å². The number of anilines is 2. The molecule has 218 valence electrons. The average Bonchev–Trinajstić information content (AvgIpc) is 2.92. The molecule has 0 saturated heterocycles. The fraction of sp³-hybridized carbons (Fsp3) is 0.448. The Morgan fingerprint density at radius 1 is 0.575 bits per heavy atom. The number of ether oxygens (including phenoxy) is 5. The molecule has 11 heteroatoms. The van der Waals surface area contributed by atoms with Crippen LogP contribution in [0, 0.1) is 0 Å². The lowest BCUT2D eigenvalue weighted by Crippen LogP contribution is -2.40. The molecule has 0 bridgehead atoms. The first-order valence-electron chi connectivity index (χ1n) is 13.2. The number of esters is 4. The summed E-state index contributed by atoms with van der Waals surface area (Å²) < 4.78 is 26.5. The van der Waals surface area contributed by atoms with E-state index >= 15 is 0 Å². The maximum absolute atomic E-state index is 12.6. The highest BCUT2D eigenvalue weighted by Crippen LogP contribution is 2.34. The highest BCUT2D eigenvalue weighted by Gasteiger charge is 2.26. The molecule has 0 heterocycles. The van der Waals surface area contributed by atoms with Crippen LogP contribution >= 0.6 is 0 Å². The molecular formula is C29H38N2O9. The van der Waals surface area contributed by atoms with Crippen LogP contribution in [0.15, 0.2) is 48.5 Å². The van der Waals surface area contributed by atoms with Crippen LogP contribution in [0.1, 0.15) is 33.3 Å². The zero-order valence-corrected chi connectivity index (χ0v) is 23.6. The second kappa shape index (κ2) is 17.3. The molecule has 0 saturated carbocycles. The smallest absolute Gasteiger partial charge is 0.325 e. The highest BCUT2D eigenvalue weighted by atomic mass is 16.5. The predicted molar refractivity (Wildman–Crippen MR) is 148 cm³/mol. The summed E-state index contributed by atoms with van der Waals surface area (Å²) >= 11 is 0. The molecule has 0 unspecified atom stereocenters. The lowest BCUT2D eigenvalue weighted by Gasteiger charge is -2.31. The zero-order chi connectivity index (χ0) is 29.3. The number of benzene rings is 2. The number of rotatable bonds is 17. The summed E-state index contributed by atoms with van der Waals surface area (Å²) in [7, 11) is 0. The van der Waals surface area contributed by atoms with Crippen molar-refractivity contribution < 1.29 is 42.9 Å². The van der Waals surface area contributed by atoms with Crippen molar-refractivity contribution in [2.75, 3.05) is 62.4 Å². The van der Waals surface area contributed by atoms with Gasteiger partial charge < -0.3 is 33.5 Å². The molecule has 0 aliphatic heterocycles. The zero-order valence-electron chi connectivity index (χ0n) is 23.6. The first-order chi connectivity index (χ1) is 19.3. The van der Waals surface area contributed by atoms with Crippen LogP contribution in [-0.4, -0.2) is 76.5 Å². The molecule has 0 atom stereocenters. The Morgan fingerprint density at radius 3 is 1.43 bits per heavy atom. The van der Waals surface area contributed by atoms with E-state index in [1.165, 1.54) is 9.80 Å². The fourth-order valence-electron chi connectivity index (χ4n) is 3.76. The molecule has 0 aromatic heterocycles. The van der Waals surface area contributed by atoms with Gasteiger partial charge in [-0.2, -0.15) is 0 Å². The first kappa shape index (κ1) is 31.9. The van der Waals surface area contributed by atoms with Crippen LogP contribution in [0.3, 0.4) is 0 Å². The molecule has 0 radical (unpaired) electrons. The van der Waals surface area contributed by atoms with Gasteiger partial charge in [0.15, 0.2) is 0 Å². The highest BCUT2D eigenvalue weighted by molar-refractivity contribution is 5.89. The van der Waals surface area contributed by atoms with Gasteiger partial charge in [-0.3, -0.25) is 19.2 Å². The van der Waals surface area contributed by atoms with Crippen LogP contribution in [0.4, 0.5) is 11.4 Å². The molecule has 11 nitrogen and oxygen atoms in total. The first-order valence-corrected chi connectivity index (χ1v) is 13.2. The summed E-state index contributed by atoms with van der Waals surface area (Å²) in [4.78, 5) is 53.0. The van der Waals surface area contributed by atoms with Crippen molar-refractivity contribution in [1.29, 1.82) is 0 Å². The molecule has 0 N–H and O–H groups in total. The van der Waals surface area contributed by atoms with Crippen molar-refractivity contribution in [2.45, 2.75) is 34.3 Å². The van der Waals surface area contributed by atoms with Gasteiger partial charge in [0.1, 0.15) is 38.5 Å². The Balaban J connectivity index is 2.57. The maximum Gasteiger partial charge on any atom is 0.325 e. The Kier molecular flexibility index (Phi) is 13.8.